The normalized spacial score (nSPS) is 10.4. The zero-order valence-corrected chi connectivity index (χ0v) is 11.2. The number of anilines is 1. The number of nitrogens with zero attached hydrogens (tertiary/aromatic N) is 1. The molecule has 0 atom stereocenters. The number of carbonyl (C=O) groups is 1. The van der Waals surface area contributed by atoms with Gasteiger partial charge in [-0.15, -0.1) is 0 Å². The highest BCUT2D eigenvalue weighted by Crippen LogP contribution is 2.12. The minimum atomic E-state index is -0.232. The first-order valence-corrected chi connectivity index (χ1v) is 6.31. The Balaban J connectivity index is 1.79. The quantitative estimate of drug-likeness (QED) is 0.669. The molecule has 1 N–H and O–H groups in total. The lowest BCUT2D eigenvalue weighted by molar-refractivity contribution is -0.120. The van der Waals surface area contributed by atoms with Crippen molar-refractivity contribution in [2.24, 2.45) is 5.16 Å². The van der Waals surface area contributed by atoms with Crippen LogP contribution in [0.25, 0.3) is 0 Å². The highest BCUT2D eigenvalue weighted by Gasteiger charge is 2.03. The van der Waals surface area contributed by atoms with Crippen LogP contribution in [0.1, 0.15) is 11.1 Å². The maximum Gasteiger partial charge on any atom is 0.265 e. The lowest BCUT2D eigenvalue weighted by Crippen LogP contribution is -2.17. The van der Waals surface area contributed by atoms with E-state index in [4.69, 9.17) is 4.84 Å². The summed E-state index contributed by atoms with van der Waals surface area (Å²) in [5.74, 6) is -0.232. The molecule has 4 heteroatoms. The average Bonchev–Trinajstić information content (AvgIpc) is 2.47. The zero-order chi connectivity index (χ0) is 14.2. The fraction of sp³-hybridized carbons (Fsp3) is 0.125. The Bertz CT molecular complexity index is 594. The molecule has 1 amide bonds. The number of nitrogens with one attached hydrogen (secondary N) is 1. The summed E-state index contributed by atoms with van der Waals surface area (Å²) in [6.07, 6.45) is 1.57. The van der Waals surface area contributed by atoms with Gasteiger partial charge >= 0.3 is 0 Å². The Kier molecular flexibility index (Phi) is 4.89. The second-order valence-electron chi connectivity index (χ2n) is 4.28. The number of benzene rings is 2. The SMILES string of the molecule is Cc1ccccc1NC(=O)CON=Cc1ccccc1. The molecule has 0 aromatic heterocycles. The van der Waals surface area contributed by atoms with Gasteiger partial charge in [0.2, 0.25) is 0 Å². The summed E-state index contributed by atoms with van der Waals surface area (Å²) in [5.41, 5.74) is 2.72. The van der Waals surface area contributed by atoms with Crippen molar-refractivity contribution in [2.75, 3.05) is 11.9 Å². The molecule has 0 aliphatic heterocycles. The van der Waals surface area contributed by atoms with Crippen molar-refractivity contribution in [2.45, 2.75) is 6.92 Å². The average molecular weight is 268 g/mol. The molecule has 2 aromatic carbocycles. The number of carbonyl (C=O) groups excluding carboxylic acids is 1. The molecule has 2 rings (SSSR count). The number of hydrogen-bond donors (Lipinski definition) is 1. The van der Waals surface area contributed by atoms with Gasteiger partial charge in [-0.25, -0.2) is 0 Å². The topological polar surface area (TPSA) is 50.7 Å². The Morgan fingerprint density at radius 1 is 1.15 bits per heavy atom. The van der Waals surface area contributed by atoms with E-state index in [1.54, 1.807) is 6.21 Å². The van der Waals surface area contributed by atoms with Crippen molar-refractivity contribution in [3.05, 3.63) is 65.7 Å². The zero-order valence-electron chi connectivity index (χ0n) is 11.2. The van der Waals surface area contributed by atoms with Gasteiger partial charge in [-0.3, -0.25) is 4.79 Å². The summed E-state index contributed by atoms with van der Waals surface area (Å²) < 4.78 is 0. The van der Waals surface area contributed by atoms with Gasteiger partial charge in [-0.1, -0.05) is 53.7 Å². The molecule has 102 valence electrons. The number of oxime groups is 1. The predicted molar refractivity (Wildman–Crippen MR) is 79.8 cm³/mol. The maximum atomic E-state index is 11.7. The van der Waals surface area contributed by atoms with E-state index in [0.717, 1.165) is 16.8 Å². The van der Waals surface area contributed by atoms with Gasteiger partial charge in [0.1, 0.15) is 0 Å². The second-order valence-corrected chi connectivity index (χ2v) is 4.28. The van der Waals surface area contributed by atoms with Crippen LogP contribution in [0, 0.1) is 6.92 Å². The first-order valence-electron chi connectivity index (χ1n) is 6.31. The highest BCUT2D eigenvalue weighted by atomic mass is 16.6. The van der Waals surface area contributed by atoms with E-state index in [-0.39, 0.29) is 12.5 Å². The van der Waals surface area contributed by atoms with E-state index in [0.29, 0.717) is 0 Å². The molecule has 0 saturated carbocycles. The summed E-state index contributed by atoms with van der Waals surface area (Å²) >= 11 is 0. The molecule has 0 bridgehead atoms. The van der Waals surface area contributed by atoms with E-state index >= 15 is 0 Å². The highest BCUT2D eigenvalue weighted by molar-refractivity contribution is 5.92. The molecular formula is C16H16N2O2. The van der Waals surface area contributed by atoms with Crippen molar-refractivity contribution in [1.82, 2.24) is 0 Å². The number of hydrogen-bond acceptors (Lipinski definition) is 3. The summed E-state index contributed by atoms with van der Waals surface area (Å²) in [7, 11) is 0. The van der Waals surface area contributed by atoms with Gasteiger partial charge in [-0.2, -0.15) is 0 Å². The molecule has 2 aromatic rings. The van der Waals surface area contributed by atoms with Crippen LogP contribution in [0.3, 0.4) is 0 Å². The van der Waals surface area contributed by atoms with Crippen LogP contribution in [-0.4, -0.2) is 18.7 Å². The second kappa shape index (κ2) is 7.09. The van der Waals surface area contributed by atoms with Crippen molar-refractivity contribution in [3.8, 4) is 0 Å². The van der Waals surface area contributed by atoms with E-state index in [9.17, 15) is 4.79 Å². The molecule has 0 unspecified atom stereocenters. The van der Waals surface area contributed by atoms with Gasteiger partial charge in [0, 0.05) is 5.69 Å². The van der Waals surface area contributed by atoms with Crippen molar-refractivity contribution >= 4 is 17.8 Å². The third-order valence-corrected chi connectivity index (χ3v) is 2.69. The van der Waals surface area contributed by atoms with E-state index in [1.165, 1.54) is 0 Å². The number of para-hydroxylation sites is 1. The molecule has 0 aliphatic rings. The lowest BCUT2D eigenvalue weighted by atomic mass is 10.2. The van der Waals surface area contributed by atoms with Gasteiger partial charge in [0.05, 0.1) is 6.21 Å². The molecule has 0 spiro atoms. The van der Waals surface area contributed by atoms with Gasteiger partial charge < -0.3 is 10.2 Å². The van der Waals surface area contributed by atoms with Crippen LogP contribution < -0.4 is 5.32 Å². The summed E-state index contributed by atoms with van der Waals surface area (Å²) in [6.45, 7) is 1.82. The summed E-state index contributed by atoms with van der Waals surface area (Å²) in [4.78, 5) is 16.6. The summed E-state index contributed by atoms with van der Waals surface area (Å²) in [5, 5.41) is 6.53. The Morgan fingerprint density at radius 2 is 1.85 bits per heavy atom. The number of amides is 1. The van der Waals surface area contributed by atoms with Crippen LogP contribution in [-0.2, 0) is 9.63 Å². The standard InChI is InChI=1S/C16H16N2O2/c1-13-7-5-6-10-15(13)18-16(19)12-20-17-11-14-8-3-2-4-9-14/h2-11H,12H2,1H3,(H,18,19). The van der Waals surface area contributed by atoms with Crippen LogP contribution >= 0.6 is 0 Å². The van der Waals surface area contributed by atoms with Crippen LogP contribution in [0.5, 0.6) is 0 Å². The van der Waals surface area contributed by atoms with Gasteiger partial charge in [0.25, 0.3) is 5.91 Å². The molecule has 0 radical (unpaired) electrons. The minimum absolute atomic E-state index is 0.113. The predicted octanol–water partition coefficient (Wildman–Crippen LogP) is 2.98. The van der Waals surface area contributed by atoms with E-state index in [1.807, 2.05) is 61.5 Å². The molecule has 20 heavy (non-hydrogen) atoms. The fourth-order valence-electron chi connectivity index (χ4n) is 1.63. The van der Waals surface area contributed by atoms with Crippen molar-refractivity contribution in [3.63, 3.8) is 0 Å². The third-order valence-electron chi connectivity index (χ3n) is 2.69. The largest absolute Gasteiger partial charge is 0.386 e. The molecule has 0 saturated heterocycles. The van der Waals surface area contributed by atoms with Crippen molar-refractivity contribution < 1.29 is 9.63 Å². The van der Waals surface area contributed by atoms with Gasteiger partial charge in [0.15, 0.2) is 6.61 Å². The van der Waals surface area contributed by atoms with E-state index < -0.39 is 0 Å². The molecular weight excluding hydrogens is 252 g/mol. The molecule has 0 fully saturated rings. The number of aryl methyl sites for hydroxylation is 1. The smallest absolute Gasteiger partial charge is 0.265 e. The first-order chi connectivity index (χ1) is 9.75. The minimum Gasteiger partial charge on any atom is -0.386 e. The Morgan fingerprint density at radius 3 is 2.60 bits per heavy atom. The van der Waals surface area contributed by atoms with Crippen LogP contribution in [0.4, 0.5) is 5.69 Å². The van der Waals surface area contributed by atoms with Gasteiger partial charge in [-0.05, 0) is 24.1 Å². The van der Waals surface area contributed by atoms with Crippen LogP contribution in [0.15, 0.2) is 59.8 Å². The monoisotopic (exact) mass is 268 g/mol. The van der Waals surface area contributed by atoms with Crippen LogP contribution in [0.2, 0.25) is 0 Å². The number of rotatable bonds is 5. The molecule has 0 heterocycles. The van der Waals surface area contributed by atoms with Crippen molar-refractivity contribution in [1.29, 1.82) is 0 Å². The first kappa shape index (κ1) is 13.8. The summed E-state index contributed by atoms with van der Waals surface area (Å²) in [6, 6.07) is 17.1. The third kappa shape index (κ3) is 4.24. The lowest BCUT2D eigenvalue weighted by Gasteiger charge is -2.06. The Labute approximate surface area is 118 Å². The Hall–Kier alpha value is -2.62. The molecule has 0 aliphatic carbocycles. The van der Waals surface area contributed by atoms with E-state index in [2.05, 4.69) is 10.5 Å². The molecule has 4 nitrogen and oxygen atoms in total. The fourth-order valence-corrected chi connectivity index (χ4v) is 1.63. The maximum absolute atomic E-state index is 11.7.